The van der Waals surface area contributed by atoms with Crippen LogP contribution in [0.4, 0.5) is 13.2 Å². The van der Waals surface area contributed by atoms with Gasteiger partial charge in [-0.1, -0.05) is 23.7 Å². The lowest BCUT2D eigenvalue weighted by Gasteiger charge is -2.15. The summed E-state index contributed by atoms with van der Waals surface area (Å²) in [6.45, 7) is 2.02. The lowest BCUT2D eigenvalue weighted by Crippen LogP contribution is -2.17. The smallest absolute Gasteiger partial charge is 0.497 e. The summed E-state index contributed by atoms with van der Waals surface area (Å²) >= 11 is 6.27. The van der Waals surface area contributed by atoms with Crippen molar-refractivity contribution >= 4 is 11.6 Å². The molecular formula is C17H15ClF3NO2. The Labute approximate surface area is 142 Å². The van der Waals surface area contributed by atoms with Crippen LogP contribution in [0.1, 0.15) is 16.7 Å². The highest BCUT2D eigenvalue weighted by Crippen LogP contribution is 2.34. The summed E-state index contributed by atoms with van der Waals surface area (Å²) in [5.74, 6) is 0.498. The van der Waals surface area contributed by atoms with Crippen LogP contribution in [-0.4, -0.2) is 18.4 Å². The molecule has 3 nitrogen and oxygen atoms in total. The third-order valence-corrected chi connectivity index (χ3v) is 4.17. The minimum atomic E-state index is -4.67. The van der Waals surface area contributed by atoms with Crippen LogP contribution in [0.3, 0.4) is 0 Å². The van der Waals surface area contributed by atoms with Crippen molar-refractivity contribution in [1.29, 1.82) is 0 Å². The molecule has 128 valence electrons. The molecule has 24 heavy (non-hydrogen) atoms. The zero-order valence-corrected chi connectivity index (χ0v) is 13.6. The molecule has 0 saturated carbocycles. The van der Waals surface area contributed by atoms with Crippen LogP contribution in [0.15, 0.2) is 36.4 Å². The molecule has 0 saturated heterocycles. The molecule has 1 aliphatic heterocycles. The van der Waals surface area contributed by atoms with E-state index in [2.05, 4.69) is 9.64 Å². The molecule has 0 amide bonds. The van der Waals surface area contributed by atoms with Gasteiger partial charge in [0.2, 0.25) is 0 Å². The molecule has 0 unspecified atom stereocenters. The number of benzene rings is 2. The van der Waals surface area contributed by atoms with E-state index in [0.717, 1.165) is 16.7 Å². The number of hydrogen-bond donors (Lipinski definition) is 0. The van der Waals surface area contributed by atoms with Crippen molar-refractivity contribution in [2.24, 2.45) is 0 Å². The Morgan fingerprint density at radius 3 is 2.42 bits per heavy atom. The summed E-state index contributed by atoms with van der Waals surface area (Å²) in [7, 11) is 1.59. The van der Waals surface area contributed by atoms with Gasteiger partial charge in [-0.25, -0.2) is 0 Å². The fourth-order valence-electron chi connectivity index (χ4n) is 2.79. The molecule has 0 fully saturated rings. The van der Waals surface area contributed by atoms with Crippen molar-refractivity contribution in [1.82, 2.24) is 4.90 Å². The van der Waals surface area contributed by atoms with Crippen molar-refractivity contribution in [2.45, 2.75) is 26.0 Å². The Morgan fingerprint density at radius 1 is 1.08 bits per heavy atom. The van der Waals surface area contributed by atoms with Crippen molar-refractivity contribution < 1.29 is 22.6 Å². The molecule has 1 aliphatic rings. The highest BCUT2D eigenvalue weighted by molar-refractivity contribution is 6.31. The van der Waals surface area contributed by atoms with Gasteiger partial charge >= 0.3 is 6.36 Å². The van der Waals surface area contributed by atoms with Gasteiger partial charge in [-0.2, -0.15) is 0 Å². The first-order valence-electron chi connectivity index (χ1n) is 7.26. The molecule has 0 bridgehead atoms. The quantitative estimate of drug-likeness (QED) is 0.787. The Kier molecular flexibility index (Phi) is 4.60. The van der Waals surface area contributed by atoms with Gasteiger partial charge in [0, 0.05) is 24.7 Å². The molecule has 0 aromatic heterocycles. The van der Waals surface area contributed by atoms with Crippen molar-refractivity contribution in [3.05, 3.63) is 58.1 Å². The van der Waals surface area contributed by atoms with E-state index in [1.807, 2.05) is 6.07 Å². The van der Waals surface area contributed by atoms with E-state index in [0.29, 0.717) is 30.4 Å². The maximum atomic E-state index is 12.2. The molecule has 3 rings (SSSR count). The number of nitrogens with zero attached hydrogens (tertiary/aromatic N) is 1. The summed E-state index contributed by atoms with van der Waals surface area (Å²) in [6, 6.07) is 9.65. The molecule has 7 heteroatoms. The number of rotatable bonds is 4. The van der Waals surface area contributed by atoms with Gasteiger partial charge in [0.25, 0.3) is 0 Å². The van der Waals surface area contributed by atoms with Gasteiger partial charge in [-0.05, 0) is 41.0 Å². The molecule has 2 aromatic carbocycles. The van der Waals surface area contributed by atoms with Gasteiger partial charge in [0.05, 0.1) is 7.11 Å². The first-order chi connectivity index (χ1) is 11.3. The van der Waals surface area contributed by atoms with Crippen LogP contribution in [0.5, 0.6) is 11.5 Å². The molecule has 0 N–H and O–H groups in total. The first-order valence-corrected chi connectivity index (χ1v) is 7.64. The predicted molar refractivity (Wildman–Crippen MR) is 84.1 cm³/mol. The highest BCUT2D eigenvalue weighted by atomic mass is 35.5. The molecule has 0 radical (unpaired) electrons. The molecule has 0 atom stereocenters. The van der Waals surface area contributed by atoms with E-state index in [-0.39, 0.29) is 5.75 Å². The fourth-order valence-corrected chi connectivity index (χ4v) is 3.08. The second kappa shape index (κ2) is 6.53. The van der Waals surface area contributed by atoms with Crippen molar-refractivity contribution in [3.63, 3.8) is 0 Å². The number of halogens is 4. The van der Waals surface area contributed by atoms with Crippen LogP contribution in [0.2, 0.25) is 5.02 Å². The number of ether oxygens (including phenoxy) is 2. The zero-order valence-electron chi connectivity index (χ0n) is 12.9. The van der Waals surface area contributed by atoms with Gasteiger partial charge in [0.15, 0.2) is 0 Å². The van der Waals surface area contributed by atoms with Crippen LogP contribution < -0.4 is 9.47 Å². The Bertz CT molecular complexity index is 732. The summed E-state index contributed by atoms with van der Waals surface area (Å²) in [6.07, 6.45) is -4.67. The van der Waals surface area contributed by atoms with Crippen LogP contribution in [-0.2, 0) is 19.6 Å². The first kappa shape index (κ1) is 16.9. The van der Waals surface area contributed by atoms with Gasteiger partial charge in [-0.3, -0.25) is 4.90 Å². The number of alkyl halides is 3. The van der Waals surface area contributed by atoms with Crippen molar-refractivity contribution in [3.8, 4) is 11.5 Å². The topological polar surface area (TPSA) is 21.7 Å². The third-order valence-electron chi connectivity index (χ3n) is 3.84. The minimum Gasteiger partial charge on any atom is -0.497 e. The average molecular weight is 358 g/mol. The largest absolute Gasteiger partial charge is 0.573 e. The third kappa shape index (κ3) is 3.94. The number of fused-ring (bicyclic) bond motifs is 1. The number of methoxy groups -OCH3 is 1. The Hall–Kier alpha value is -1.92. The van der Waals surface area contributed by atoms with E-state index in [9.17, 15) is 13.2 Å². The Balaban J connectivity index is 1.67. The summed E-state index contributed by atoms with van der Waals surface area (Å²) in [5, 5.41) is 0.667. The van der Waals surface area contributed by atoms with Crippen LogP contribution >= 0.6 is 11.6 Å². The van der Waals surface area contributed by atoms with E-state index in [1.54, 1.807) is 25.3 Å². The monoisotopic (exact) mass is 357 g/mol. The van der Waals surface area contributed by atoms with Gasteiger partial charge in [-0.15, -0.1) is 13.2 Å². The maximum Gasteiger partial charge on any atom is 0.573 e. The van der Waals surface area contributed by atoms with Crippen LogP contribution in [0.25, 0.3) is 0 Å². The van der Waals surface area contributed by atoms with E-state index in [4.69, 9.17) is 16.3 Å². The SMILES string of the molecule is COc1cc(Cl)c2c(c1)CN(Cc1ccc(OC(F)(F)F)cc1)C2. The van der Waals surface area contributed by atoms with Crippen LogP contribution in [0, 0.1) is 0 Å². The molecule has 2 aromatic rings. The zero-order chi connectivity index (χ0) is 17.3. The lowest BCUT2D eigenvalue weighted by molar-refractivity contribution is -0.274. The number of hydrogen-bond acceptors (Lipinski definition) is 3. The summed E-state index contributed by atoms with van der Waals surface area (Å²) in [5.41, 5.74) is 3.08. The van der Waals surface area contributed by atoms with E-state index >= 15 is 0 Å². The molecule has 0 aliphatic carbocycles. The minimum absolute atomic E-state index is 0.219. The summed E-state index contributed by atoms with van der Waals surface area (Å²) in [4.78, 5) is 2.16. The average Bonchev–Trinajstić information content (AvgIpc) is 2.91. The second-order valence-corrected chi connectivity index (χ2v) is 5.99. The normalized spacial score (nSPS) is 14.5. The maximum absolute atomic E-state index is 12.2. The van der Waals surface area contributed by atoms with E-state index in [1.165, 1.54) is 12.1 Å². The Morgan fingerprint density at radius 2 is 1.79 bits per heavy atom. The fraction of sp³-hybridized carbons (Fsp3) is 0.294. The predicted octanol–water partition coefficient (Wildman–Crippen LogP) is 4.76. The van der Waals surface area contributed by atoms with E-state index < -0.39 is 6.36 Å². The van der Waals surface area contributed by atoms with Gasteiger partial charge in [0.1, 0.15) is 11.5 Å². The second-order valence-electron chi connectivity index (χ2n) is 5.58. The molecule has 0 spiro atoms. The van der Waals surface area contributed by atoms with Gasteiger partial charge < -0.3 is 9.47 Å². The standard InChI is InChI=1S/C17H15ClF3NO2/c1-23-14-6-12-9-22(10-15(12)16(18)7-14)8-11-2-4-13(5-3-11)24-17(19,20)21/h2-7H,8-10H2,1H3. The van der Waals surface area contributed by atoms with Crippen molar-refractivity contribution in [2.75, 3.05) is 7.11 Å². The summed E-state index contributed by atoms with van der Waals surface area (Å²) < 4.78 is 45.6. The molecular weight excluding hydrogens is 343 g/mol. The lowest BCUT2D eigenvalue weighted by atomic mass is 10.1. The molecule has 1 heterocycles. The highest BCUT2D eigenvalue weighted by Gasteiger charge is 2.31.